The van der Waals surface area contributed by atoms with Crippen LogP contribution in [0.4, 0.5) is 10.2 Å². The quantitative estimate of drug-likeness (QED) is 0.503. The van der Waals surface area contributed by atoms with Crippen molar-refractivity contribution in [3.05, 3.63) is 56.5 Å². The van der Waals surface area contributed by atoms with Gasteiger partial charge in [0, 0.05) is 12.6 Å². The van der Waals surface area contributed by atoms with Crippen LogP contribution in [-0.4, -0.2) is 34.5 Å². The third-order valence-electron chi connectivity index (χ3n) is 3.48. The molecule has 0 spiro atoms. The first kappa shape index (κ1) is 19.9. The van der Waals surface area contributed by atoms with E-state index in [1.807, 2.05) is 4.98 Å². The van der Waals surface area contributed by atoms with E-state index in [0.29, 0.717) is 6.42 Å². The van der Waals surface area contributed by atoms with E-state index in [4.69, 9.17) is 15.2 Å². The number of ketones is 1. The Bertz CT molecular complexity index is 966. The summed E-state index contributed by atoms with van der Waals surface area (Å²) >= 11 is 0. The van der Waals surface area contributed by atoms with E-state index >= 15 is 0 Å². The summed E-state index contributed by atoms with van der Waals surface area (Å²) in [6.07, 6.45) is 0.552. The minimum Gasteiger partial charge on any atom is -0.482 e. The second-order valence-corrected chi connectivity index (χ2v) is 5.50. The number of Topliss-reactive ketones (excluding diaryl/α,β-unsaturated/α-hetero) is 1. The van der Waals surface area contributed by atoms with Gasteiger partial charge in [-0.3, -0.25) is 19.1 Å². The molecular formula is C17H18FN3O6. The maximum absolute atomic E-state index is 13.0. The molecule has 0 bridgehead atoms. The molecule has 0 aliphatic rings. The Balaban J connectivity index is 2.01. The van der Waals surface area contributed by atoms with E-state index in [1.165, 1.54) is 18.2 Å². The Hall–Kier alpha value is -3.43. The molecule has 1 aromatic carbocycles. The predicted octanol–water partition coefficient (Wildman–Crippen LogP) is 0.473. The molecule has 2 rings (SSSR count). The number of aromatic nitrogens is 2. The van der Waals surface area contributed by atoms with Gasteiger partial charge in [-0.25, -0.2) is 14.0 Å². The Kier molecular flexibility index (Phi) is 6.47. The highest BCUT2D eigenvalue weighted by Crippen LogP contribution is 2.12. The number of halogens is 1. The first-order chi connectivity index (χ1) is 12.8. The van der Waals surface area contributed by atoms with Gasteiger partial charge in [-0.2, -0.15) is 0 Å². The van der Waals surface area contributed by atoms with Gasteiger partial charge in [-0.15, -0.1) is 0 Å². The molecule has 10 heteroatoms. The van der Waals surface area contributed by atoms with Crippen LogP contribution in [0.2, 0.25) is 0 Å². The van der Waals surface area contributed by atoms with E-state index in [-0.39, 0.29) is 18.1 Å². The van der Waals surface area contributed by atoms with Crippen LogP contribution in [-0.2, 0) is 16.1 Å². The molecule has 0 aliphatic carbocycles. The van der Waals surface area contributed by atoms with Crippen molar-refractivity contribution in [1.82, 2.24) is 9.55 Å². The molecule has 0 fully saturated rings. The summed E-state index contributed by atoms with van der Waals surface area (Å²) in [5, 5.41) is 0. The molecule has 0 radical (unpaired) electrons. The van der Waals surface area contributed by atoms with Gasteiger partial charge in [0.1, 0.15) is 22.9 Å². The predicted molar refractivity (Wildman–Crippen MR) is 93.2 cm³/mol. The van der Waals surface area contributed by atoms with Gasteiger partial charge >= 0.3 is 11.7 Å². The third-order valence-corrected chi connectivity index (χ3v) is 3.48. The highest BCUT2D eigenvalue weighted by Gasteiger charge is 2.20. The van der Waals surface area contributed by atoms with Crippen LogP contribution in [0.15, 0.2) is 33.9 Å². The maximum Gasteiger partial charge on any atom is 0.344 e. The third kappa shape index (κ3) is 5.03. The van der Waals surface area contributed by atoms with Gasteiger partial charge in [0.15, 0.2) is 13.2 Å². The molecule has 3 N–H and O–H groups in total. The van der Waals surface area contributed by atoms with Crippen molar-refractivity contribution in [1.29, 1.82) is 0 Å². The number of carbonyl (C=O) groups excluding carboxylic acids is 2. The van der Waals surface area contributed by atoms with Crippen molar-refractivity contribution >= 4 is 17.6 Å². The van der Waals surface area contributed by atoms with Crippen LogP contribution >= 0.6 is 0 Å². The number of rotatable bonds is 8. The molecule has 0 saturated heterocycles. The molecule has 0 amide bonds. The number of nitrogens with zero attached hydrogens (tertiary/aromatic N) is 1. The number of nitrogens with two attached hydrogens (primary N) is 1. The Labute approximate surface area is 152 Å². The number of hydrogen-bond acceptors (Lipinski definition) is 7. The Morgan fingerprint density at radius 1 is 1.26 bits per heavy atom. The van der Waals surface area contributed by atoms with Crippen LogP contribution in [0.25, 0.3) is 0 Å². The number of esters is 1. The lowest BCUT2D eigenvalue weighted by atomic mass is 10.2. The number of hydrogen-bond donors (Lipinski definition) is 2. The number of H-pyrrole nitrogens is 1. The molecule has 2 aromatic rings. The summed E-state index contributed by atoms with van der Waals surface area (Å²) in [6.45, 7) is 0.683. The Morgan fingerprint density at radius 3 is 2.67 bits per heavy atom. The highest BCUT2D eigenvalue weighted by molar-refractivity contribution is 6.01. The van der Waals surface area contributed by atoms with Crippen molar-refractivity contribution < 1.29 is 23.5 Å². The molecular weight excluding hydrogens is 361 g/mol. The second-order valence-electron chi connectivity index (χ2n) is 5.50. The number of benzene rings is 1. The molecule has 1 heterocycles. The normalized spacial score (nSPS) is 10.4. The van der Waals surface area contributed by atoms with Crippen LogP contribution in [0.3, 0.4) is 0 Å². The van der Waals surface area contributed by atoms with Crippen LogP contribution in [0.5, 0.6) is 5.75 Å². The lowest BCUT2D eigenvalue weighted by Crippen LogP contribution is -2.37. The minimum absolute atomic E-state index is 0.116. The molecule has 0 atom stereocenters. The van der Waals surface area contributed by atoms with Crippen LogP contribution < -0.4 is 21.7 Å². The monoisotopic (exact) mass is 379 g/mol. The zero-order valence-corrected chi connectivity index (χ0v) is 14.5. The Morgan fingerprint density at radius 2 is 2.00 bits per heavy atom. The van der Waals surface area contributed by atoms with Crippen molar-refractivity contribution in [3.8, 4) is 5.75 Å². The summed E-state index contributed by atoms with van der Waals surface area (Å²) in [6, 6.07) is 5.14. The number of nitrogen functional groups attached to an aromatic ring is 1. The van der Waals surface area contributed by atoms with Crippen molar-refractivity contribution in [2.24, 2.45) is 0 Å². The second kappa shape index (κ2) is 8.79. The molecule has 1 aromatic heterocycles. The fourth-order valence-corrected chi connectivity index (χ4v) is 2.26. The summed E-state index contributed by atoms with van der Waals surface area (Å²) in [4.78, 5) is 49.5. The standard InChI is InChI=1S/C17H18FN3O6/c1-2-6-21-15(19)14(16(24)20-17(21)25)12(22)8-27-13(23)9-26-11-5-3-4-10(18)7-11/h3-5,7H,2,6,8-9,19H2,1H3,(H,20,24,25). The summed E-state index contributed by atoms with van der Waals surface area (Å²) in [7, 11) is 0. The van der Waals surface area contributed by atoms with Gasteiger partial charge < -0.3 is 15.2 Å². The van der Waals surface area contributed by atoms with E-state index in [2.05, 4.69) is 0 Å². The summed E-state index contributed by atoms with van der Waals surface area (Å²) in [5.41, 5.74) is 3.61. The molecule has 9 nitrogen and oxygen atoms in total. The van der Waals surface area contributed by atoms with E-state index in [0.717, 1.165) is 10.6 Å². The first-order valence-corrected chi connectivity index (χ1v) is 8.03. The number of aromatic amines is 1. The maximum atomic E-state index is 13.0. The zero-order valence-electron chi connectivity index (χ0n) is 14.5. The highest BCUT2D eigenvalue weighted by atomic mass is 19.1. The van der Waals surface area contributed by atoms with Gasteiger partial charge in [-0.05, 0) is 18.6 Å². The van der Waals surface area contributed by atoms with Crippen molar-refractivity contribution in [2.75, 3.05) is 18.9 Å². The molecule has 27 heavy (non-hydrogen) atoms. The minimum atomic E-state index is -0.957. The summed E-state index contributed by atoms with van der Waals surface area (Å²) < 4.78 is 23.9. The molecule has 144 valence electrons. The van der Waals surface area contributed by atoms with Gasteiger partial charge in [0.25, 0.3) is 5.56 Å². The SMILES string of the molecule is CCCn1c(N)c(C(=O)COC(=O)COc2cccc(F)c2)c(=O)[nH]c1=O. The van der Waals surface area contributed by atoms with Gasteiger partial charge in [0.05, 0.1) is 0 Å². The topological polar surface area (TPSA) is 133 Å². The van der Waals surface area contributed by atoms with Crippen molar-refractivity contribution in [2.45, 2.75) is 19.9 Å². The zero-order chi connectivity index (χ0) is 20.0. The lowest BCUT2D eigenvalue weighted by molar-refractivity contribution is -0.144. The average Bonchev–Trinajstić information content (AvgIpc) is 2.61. The van der Waals surface area contributed by atoms with Crippen molar-refractivity contribution in [3.63, 3.8) is 0 Å². The fraction of sp³-hybridized carbons (Fsp3) is 0.294. The lowest BCUT2D eigenvalue weighted by Gasteiger charge is -2.11. The smallest absolute Gasteiger partial charge is 0.344 e. The molecule has 0 aliphatic heterocycles. The van der Waals surface area contributed by atoms with E-state index in [9.17, 15) is 23.6 Å². The van der Waals surface area contributed by atoms with Gasteiger partial charge in [0.2, 0.25) is 5.78 Å². The fourth-order valence-electron chi connectivity index (χ4n) is 2.26. The number of ether oxygens (including phenoxy) is 2. The number of nitrogens with one attached hydrogen (secondary N) is 1. The average molecular weight is 379 g/mol. The summed E-state index contributed by atoms with van der Waals surface area (Å²) in [5.74, 6) is -2.47. The molecule has 0 saturated carbocycles. The van der Waals surface area contributed by atoms with Crippen LogP contribution in [0, 0.1) is 5.82 Å². The first-order valence-electron chi connectivity index (χ1n) is 8.03. The largest absolute Gasteiger partial charge is 0.482 e. The van der Waals surface area contributed by atoms with Gasteiger partial charge in [-0.1, -0.05) is 13.0 Å². The number of anilines is 1. The van der Waals surface area contributed by atoms with E-state index < -0.39 is 47.6 Å². The van der Waals surface area contributed by atoms with E-state index in [1.54, 1.807) is 6.92 Å². The molecule has 0 unspecified atom stereocenters. The van der Waals surface area contributed by atoms with Crippen LogP contribution in [0.1, 0.15) is 23.7 Å². The number of carbonyl (C=O) groups is 2.